The lowest BCUT2D eigenvalue weighted by atomic mass is 10.1. The van der Waals surface area contributed by atoms with Crippen molar-refractivity contribution in [2.24, 2.45) is 0 Å². The van der Waals surface area contributed by atoms with Crippen LogP contribution in [0.4, 0.5) is 5.69 Å². The fourth-order valence-electron chi connectivity index (χ4n) is 3.19. The fourth-order valence-corrected chi connectivity index (χ4v) is 3.19. The lowest BCUT2D eigenvalue weighted by molar-refractivity contribution is 0.0816. The fraction of sp³-hybridized carbons (Fsp3) is 0.0870. The smallest absolute Gasteiger partial charge is 0.260 e. The van der Waals surface area contributed by atoms with Gasteiger partial charge >= 0.3 is 0 Å². The molecule has 0 bridgehead atoms. The molecule has 1 aliphatic heterocycles. The molecular weight excluding hydrogens is 320 g/mol. The second-order valence-electron chi connectivity index (χ2n) is 6.35. The van der Waals surface area contributed by atoms with Crippen LogP contribution >= 0.6 is 0 Å². The molecule has 4 rings (SSSR count). The quantitative estimate of drug-likeness (QED) is 0.680. The third-order valence-electron chi connectivity index (χ3n) is 4.52. The van der Waals surface area contributed by atoms with E-state index < -0.39 is 0 Å². The van der Waals surface area contributed by atoms with E-state index in [0.717, 1.165) is 23.4 Å². The number of carbonyl (C=O) groups is 1. The van der Waals surface area contributed by atoms with Crippen molar-refractivity contribution in [2.75, 3.05) is 4.90 Å². The number of para-hydroxylation sites is 1. The summed E-state index contributed by atoms with van der Waals surface area (Å²) in [7, 11) is 0. The van der Waals surface area contributed by atoms with Crippen LogP contribution < -0.4 is 4.90 Å². The lowest BCUT2D eigenvalue weighted by Crippen LogP contribution is -2.24. The molecule has 0 unspecified atom stereocenters. The molecule has 0 radical (unpaired) electrons. The number of anilines is 1. The number of amides is 1. The molecule has 0 atom stereocenters. The van der Waals surface area contributed by atoms with E-state index in [1.807, 2.05) is 85.2 Å². The molecule has 0 saturated carbocycles. The Hall–Kier alpha value is -3.33. The van der Waals surface area contributed by atoms with Crippen molar-refractivity contribution in [3.05, 3.63) is 114 Å². The summed E-state index contributed by atoms with van der Waals surface area (Å²) in [5, 5.41) is 0. The van der Waals surface area contributed by atoms with Crippen LogP contribution in [0.25, 0.3) is 0 Å². The zero-order valence-corrected chi connectivity index (χ0v) is 14.5. The molecule has 3 aromatic carbocycles. The Bertz CT molecular complexity index is 919. The minimum absolute atomic E-state index is 0.0243. The van der Waals surface area contributed by atoms with Gasteiger partial charge in [-0.05, 0) is 23.3 Å². The maximum absolute atomic E-state index is 13.1. The van der Waals surface area contributed by atoms with Crippen LogP contribution in [0.2, 0.25) is 0 Å². The van der Waals surface area contributed by atoms with Crippen LogP contribution in [-0.4, -0.2) is 10.8 Å². The normalized spacial score (nSPS) is 13.5. The first-order valence-electron chi connectivity index (χ1n) is 8.74. The average molecular weight is 340 g/mol. The van der Waals surface area contributed by atoms with Crippen molar-refractivity contribution in [1.29, 1.82) is 0 Å². The van der Waals surface area contributed by atoms with E-state index in [1.165, 1.54) is 5.56 Å². The van der Waals surface area contributed by atoms with E-state index in [1.54, 1.807) is 4.90 Å². The number of carbonyl (C=O) groups excluding carboxylic acids is 1. The molecule has 0 aliphatic carbocycles. The second-order valence-corrected chi connectivity index (χ2v) is 6.35. The Kier molecular flexibility index (Phi) is 4.52. The Morgan fingerprint density at radius 2 is 1.08 bits per heavy atom. The number of benzene rings is 3. The summed E-state index contributed by atoms with van der Waals surface area (Å²) in [6.45, 7) is 1.28. The molecule has 1 aliphatic rings. The van der Waals surface area contributed by atoms with Crippen molar-refractivity contribution in [3.8, 4) is 0 Å². The van der Waals surface area contributed by atoms with Gasteiger partial charge < -0.3 is 9.80 Å². The molecule has 1 amide bonds. The van der Waals surface area contributed by atoms with Crippen molar-refractivity contribution in [2.45, 2.75) is 13.1 Å². The number of hydrogen-bond donors (Lipinski definition) is 0. The van der Waals surface area contributed by atoms with Gasteiger partial charge in [0.05, 0.1) is 17.8 Å². The molecule has 1 heterocycles. The molecule has 26 heavy (non-hydrogen) atoms. The zero-order valence-electron chi connectivity index (χ0n) is 14.5. The molecule has 3 heteroatoms. The van der Waals surface area contributed by atoms with E-state index in [0.29, 0.717) is 6.54 Å². The van der Waals surface area contributed by atoms with Gasteiger partial charge in [-0.2, -0.15) is 0 Å². The van der Waals surface area contributed by atoms with Crippen molar-refractivity contribution in [1.82, 2.24) is 4.90 Å². The third-order valence-corrected chi connectivity index (χ3v) is 4.52. The van der Waals surface area contributed by atoms with Gasteiger partial charge in [0.25, 0.3) is 5.91 Å². The van der Waals surface area contributed by atoms with Crippen LogP contribution in [0.3, 0.4) is 0 Å². The zero-order chi connectivity index (χ0) is 17.8. The summed E-state index contributed by atoms with van der Waals surface area (Å²) in [5.41, 5.74) is 3.98. The largest absolute Gasteiger partial charge is 0.341 e. The highest BCUT2D eigenvalue weighted by atomic mass is 16.2. The first-order chi connectivity index (χ1) is 12.8. The predicted molar refractivity (Wildman–Crippen MR) is 105 cm³/mol. The van der Waals surface area contributed by atoms with Gasteiger partial charge in [-0.1, -0.05) is 72.8 Å². The van der Waals surface area contributed by atoms with Crippen LogP contribution in [0.15, 0.2) is 97.3 Å². The second kappa shape index (κ2) is 7.28. The topological polar surface area (TPSA) is 23.6 Å². The molecule has 128 valence electrons. The maximum atomic E-state index is 13.1. The summed E-state index contributed by atoms with van der Waals surface area (Å²) < 4.78 is 0. The Balaban J connectivity index is 1.67. The van der Waals surface area contributed by atoms with Crippen LogP contribution in [0, 0.1) is 0 Å². The Morgan fingerprint density at radius 3 is 1.73 bits per heavy atom. The van der Waals surface area contributed by atoms with Crippen LogP contribution in [-0.2, 0) is 13.1 Å². The highest BCUT2D eigenvalue weighted by molar-refractivity contribution is 6.01. The van der Waals surface area contributed by atoms with Gasteiger partial charge in [0, 0.05) is 18.9 Å². The number of fused-ring (bicyclic) bond motifs is 1. The van der Waals surface area contributed by atoms with Crippen molar-refractivity contribution < 1.29 is 4.79 Å². The lowest BCUT2D eigenvalue weighted by Gasteiger charge is -2.21. The minimum atomic E-state index is 0.0243. The molecule has 0 fully saturated rings. The summed E-state index contributed by atoms with van der Waals surface area (Å²) in [6.07, 6.45) is 3.89. The molecule has 0 N–H and O–H groups in total. The van der Waals surface area contributed by atoms with Crippen molar-refractivity contribution in [3.63, 3.8) is 0 Å². The summed E-state index contributed by atoms with van der Waals surface area (Å²) in [5.74, 6) is 0.0243. The third kappa shape index (κ3) is 3.38. The molecule has 0 saturated heterocycles. The van der Waals surface area contributed by atoms with E-state index in [4.69, 9.17) is 0 Å². The summed E-state index contributed by atoms with van der Waals surface area (Å²) in [6, 6.07) is 28.2. The van der Waals surface area contributed by atoms with Gasteiger partial charge in [-0.25, -0.2) is 0 Å². The van der Waals surface area contributed by atoms with Gasteiger partial charge in [-0.15, -0.1) is 0 Å². The molecule has 0 aromatic heterocycles. The minimum Gasteiger partial charge on any atom is -0.341 e. The van der Waals surface area contributed by atoms with Crippen LogP contribution in [0.5, 0.6) is 0 Å². The highest BCUT2D eigenvalue weighted by Crippen LogP contribution is 2.27. The standard InChI is InChI=1S/C23H20N2O/c26-23-21-13-7-8-14-22(21)24(17-19-9-3-1-4-10-19)15-16-25(23)18-20-11-5-2-6-12-20/h1-16H,17-18H2. The Labute approximate surface area is 153 Å². The first kappa shape index (κ1) is 16.2. The van der Waals surface area contributed by atoms with E-state index in [2.05, 4.69) is 17.0 Å². The molecule has 3 nitrogen and oxygen atoms in total. The maximum Gasteiger partial charge on any atom is 0.260 e. The summed E-state index contributed by atoms with van der Waals surface area (Å²) in [4.78, 5) is 17.0. The SMILES string of the molecule is O=C1c2ccccc2N(Cc2ccccc2)C=CN1Cc1ccccc1. The monoisotopic (exact) mass is 340 g/mol. The molecule has 3 aromatic rings. The first-order valence-corrected chi connectivity index (χ1v) is 8.74. The highest BCUT2D eigenvalue weighted by Gasteiger charge is 2.23. The average Bonchev–Trinajstić information content (AvgIpc) is 2.82. The van der Waals surface area contributed by atoms with Gasteiger partial charge in [-0.3, -0.25) is 4.79 Å². The summed E-state index contributed by atoms with van der Waals surface area (Å²) >= 11 is 0. The predicted octanol–water partition coefficient (Wildman–Crippen LogP) is 4.82. The number of hydrogen-bond acceptors (Lipinski definition) is 2. The Morgan fingerprint density at radius 1 is 0.577 bits per heavy atom. The van der Waals surface area contributed by atoms with Crippen molar-refractivity contribution >= 4 is 11.6 Å². The molecule has 0 spiro atoms. The molecular formula is C23H20N2O. The number of rotatable bonds is 4. The number of nitrogens with zero attached hydrogens (tertiary/aromatic N) is 2. The van der Waals surface area contributed by atoms with Gasteiger partial charge in [0.15, 0.2) is 0 Å². The van der Waals surface area contributed by atoms with E-state index >= 15 is 0 Å². The van der Waals surface area contributed by atoms with Crippen LogP contribution in [0.1, 0.15) is 21.5 Å². The van der Waals surface area contributed by atoms with Gasteiger partial charge in [0.2, 0.25) is 0 Å². The van der Waals surface area contributed by atoms with E-state index in [9.17, 15) is 4.79 Å². The van der Waals surface area contributed by atoms with Gasteiger partial charge in [0.1, 0.15) is 0 Å². The van der Waals surface area contributed by atoms with E-state index in [-0.39, 0.29) is 5.91 Å².